The van der Waals surface area contributed by atoms with E-state index in [9.17, 15) is 10.2 Å². The third-order valence-electron chi connectivity index (χ3n) is 7.98. The molecule has 2 aliphatic rings. The molecule has 1 aromatic heterocycles. The van der Waals surface area contributed by atoms with Crippen LogP contribution in [0.3, 0.4) is 0 Å². The second-order valence-electron chi connectivity index (χ2n) is 10.1. The van der Waals surface area contributed by atoms with Gasteiger partial charge in [0.15, 0.2) is 0 Å². The lowest BCUT2D eigenvalue weighted by Gasteiger charge is -2.56. The van der Waals surface area contributed by atoms with E-state index in [1.807, 2.05) is 18.2 Å². The number of rotatable bonds is 3. The number of aliphatic hydroxyl groups is 1. The molecular weight excluding hydrogens is 408 g/mol. The van der Waals surface area contributed by atoms with Crippen molar-refractivity contribution in [1.82, 2.24) is 9.88 Å². The van der Waals surface area contributed by atoms with Crippen LogP contribution in [0.1, 0.15) is 34.4 Å². The number of aryl methyl sites for hydroxylation is 1. The molecule has 6 rings (SSSR count). The maximum Gasteiger partial charge on any atom is 0.115 e. The number of H-pyrrole nitrogens is 1. The molecule has 3 aromatic carbocycles. The molecule has 1 aliphatic heterocycles. The van der Waals surface area contributed by atoms with Crippen LogP contribution in [0.4, 0.5) is 0 Å². The van der Waals surface area contributed by atoms with Gasteiger partial charge < -0.3 is 15.2 Å². The summed E-state index contributed by atoms with van der Waals surface area (Å²) in [6.07, 6.45) is 2.19. The number of phenolic OH excluding ortho intramolecular Hbond substituents is 1. The van der Waals surface area contributed by atoms with Gasteiger partial charge in [0.1, 0.15) is 5.75 Å². The molecule has 2 atom stereocenters. The van der Waals surface area contributed by atoms with Crippen molar-refractivity contribution >= 4 is 10.9 Å². The molecule has 4 aromatic rings. The minimum Gasteiger partial charge on any atom is -0.508 e. The Morgan fingerprint density at radius 3 is 2.64 bits per heavy atom. The quantitative estimate of drug-likeness (QED) is 0.428. The van der Waals surface area contributed by atoms with Gasteiger partial charge in [0.2, 0.25) is 0 Å². The molecule has 4 nitrogen and oxygen atoms in total. The van der Waals surface area contributed by atoms with E-state index in [1.54, 1.807) is 6.07 Å². The summed E-state index contributed by atoms with van der Waals surface area (Å²) in [5.41, 5.74) is 5.76. The highest BCUT2D eigenvalue weighted by Gasteiger charge is 2.57. The Hall–Kier alpha value is -3.08. The third kappa shape index (κ3) is 3.28. The van der Waals surface area contributed by atoms with Crippen molar-refractivity contribution in [3.8, 4) is 5.75 Å². The van der Waals surface area contributed by atoms with E-state index in [4.69, 9.17) is 0 Å². The molecule has 1 fully saturated rings. The van der Waals surface area contributed by atoms with E-state index >= 15 is 0 Å². The predicted octanol–water partition coefficient (Wildman–Crippen LogP) is 4.86. The zero-order valence-corrected chi connectivity index (χ0v) is 19.0. The van der Waals surface area contributed by atoms with Gasteiger partial charge in [-0.3, -0.25) is 4.90 Å². The van der Waals surface area contributed by atoms with Crippen LogP contribution in [0.2, 0.25) is 0 Å². The van der Waals surface area contributed by atoms with Gasteiger partial charge in [-0.25, -0.2) is 0 Å². The van der Waals surface area contributed by atoms with E-state index in [0.717, 1.165) is 37.0 Å². The van der Waals surface area contributed by atoms with Crippen LogP contribution in [-0.4, -0.2) is 38.8 Å². The molecule has 0 radical (unpaired) electrons. The van der Waals surface area contributed by atoms with Crippen LogP contribution >= 0.6 is 0 Å². The lowest BCUT2D eigenvalue weighted by molar-refractivity contribution is -0.105. The minimum atomic E-state index is -0.931. The Kier molecular flexibility index (Phi) is 4.65. The maximum atomic E-state index is 12.5. The molecule has 1 aliphatic carbocycles. The summed E-state index contributed by atoms with van der Waals surface area (Å²) in [6.45, 7) is 4.46. The highest BCUT2D eigenvalue weighted by molar-refractivity contribution is 5.86. The third-order valence-corrected chi connectivity index (χ3v) is 7.98. The standard InChI is InChI=1S/C29H30N2O2/c1-20-10-11-26-24(14-20)25-16-29(33)19-31(18-21-6-3-2-4-7-21)13-12-28(29,17-27(25)30-26)22-8-5-9-23(32)15-22/h2-11,14-15,30,32-33H,12-13,16-19H2,1H3. The van der Waals surface area contributed by atoms with Crippen LogP contribution in [0.5, 0.6) is 5.75 Å². The molecule has 0 amide bonds. The molecule has 4 heteroatoms. The fourth-order valence-electron chi connectivity index (χ4n) is 6.32. The summed E-state index contributed by atoms with van der Waals surface area (Å²) in [7, 11) is 0. The summed E-state index contributed by atoms with van der Waals surface area (Å²) in [5.74, 6) is 0.258. The van der Waals surface area contributed by atoms with E-state index in [1.165, 1.54) is 27.8 Å². The van der Waals surface area contributed by atoms with Crippen LogP contribution in [0.25, 0.3) is 10.9 Å². The van der Waals surface area contributed by atoms with Crippen molar-refractivity contribution < 1.29 is 10.2 Å². The first-order valence-electron chi connectivity index (χ1n) is 11.8. The van der Waals surface area contributed by atoms with E-state index < -0.39 is 11.0 Å². The molecule has 2 heterocycles. The number of hydrogen-bond acceptors (Lipinski definition) is 3. The highest BCUT2D eigenvalue weighted by atomic mass is 16.3. The molecule has 168 valence electrons. The van der Waals surface area contributed by atoms with Gasteiger partial charge in [-0.1, -0.05) is 54.1 Å². The van der Waals surface area contributed by atoms with Crippen molar-refractivity contribution in [1.29, 1.82) is 0 Å². The Morgan fingerprint density at radius 1 is 0.970 bits per heavy atom. The van der Waals surface area contributed by atoms with Gasteiger partial charge in [-0.15, -0.1) is 0 Å². The van der Waals surface area contributed by atoms with Gasteiger partial charge in [-0.05, 0) is 60.8 Å². The number of aromatic hydroxyl groups is 1. The average molecular weight is 439 g/mol. The normalized spacial score (nSPS) is 25.0. The summed E-state index contributed by atoms with van der Waals surface area (Å²) in [5, 5.41) is 24.0. The monoisotopic (exact) mass is 438 g/mol. The number of likely N-dealkylation sites (tertiary alicyclic amines) is 1. The minimum absolute atomic E-state index is 0.258. The van der Waals surface area contributed by atoms with Gasteiger partial charge in [0.25, 0.3) is 0 Å². The molecule has 1 saturated heterocycles. The SMILES string of the molecule is Cc1ccc2[nH]c3c(c2c1)CC1(O)CN(Cc2ccccc2)CCC1(c1cccc(O)c1)C3. The number of β-amino-alcohol motifs (C(OH)–C–C–N with tert-alkyl or cyclic N) is 1. The number of nitrogens with one attached hydrogen (secondary N) is 1. The molecule has 33 heavy (non-hydrogen) atoms. The number of hydrogen-bond donors (Lipinski definition) is 3. The fourth-order valence-corrected chi connectivity index (χ4v) is 6.32. The first-order chi connectivity index (χ1) is 16.0. The summed E-state index contributed by atoms with van der Waals surface area (Å²) < 4.78 is 0. The molecule has 2 unspecified atom stereocenters. The first-order valence-corrected chi connectivity index (χ1v) is 11.8. The highest BCUT2D eigenvalue weighted by Crippen LogP contribution is 2.52. The largest absolute Gasteiger partial charge is 0.508 e. The molecule has 0 bridgehead atoms. The number of aromatic nitrogens is 1. The van der Waals surface area contributed by atoms with E-state index in [0.29, 0.717) is 13.0 Å². The smallest absolute Gasteiger partial charge is 0.115 e. The first kappa shape index (κ1) is 20.5. The van der Waals surface area contributed by atoms with Gasteiger partial charge in [-0.2, -0.15) is 0 Å². The van der Waals surface area contributed by atoms with Crippen LogP contribution in [0, 0.1) is 6.92 Å². The lowest BCUT2D eigenvalue weighted by Crippen LogP contribution is -2.66. The Bertz CT molecular complexity index is 1330. The number of nitrogens with zero attached hydrogens (tertiary/aromatic N) is 1. The second-order valence-corrected chi connectivity index (χ2v) is 10.1. The Labute approximate surface area is 194 Å². The predicted molar refractivity (Wildman–Crippen MR) is 132 cm³/mol. The molecular formula is C29H30N2O2. The topological polar surface area (TPSA) is 59.5 Å². The van der Waals surface area contributed by atoms with Crippen molar-refractivity contribution in [2.45, 2.75) is 43.7 Å². The number of fused-ring (bicyclic) bond motifs is 4. The van der Waals surface area contributed by atoms with Gasteiger partial charge in [0, 0.05) is 47.9 Å². The molecule has 0 spiro atoms. The number of piperidine rings is 1. The number of aromatic amines is 1. The summed E-state index contributed by atoms with van der Waals surface area (Å²) in [6, 6.07) is 24.6. The molecule has 3 N–H and O–H groups in total. The van der Waals surface area contributed by atoms with Gasteiger partial charge in [0.05, 0.1) is 5.60 Å². The Morgan fingerprint density at radius 2 is 1.82 bits per heavy atom. The van der Waals surface area contributed by atoms with Crippen molar-refractivity contribution in [3.63, 3.8) is 0 Å². The van der Waals surface area contributed by atoms with Crippen LogP contribution < -0.4 is 0 Å². The fraction of sp³-hybridized carbons (Fsp3) is 0.310. The summed E-state index contributed by atoms with van der Waals surface area (Å²) >= 11 is 0. The lowest BCUT2D eigenvalue weighted by atomic mass is 9.56. The summed E-state index contributed by atoms with van der Waals surface area (Å²) in [4.78, 5) is 6.06. The zero-order chi connectivity index (χ0) is 22.6. The van der Waals surface area contributed by atoms with E-state index in [2.05, 4.69) is 65.3 Å². The van der Waals surface area contributed by atoms with Gasteiger partial charge >= 0.3 is 0 Å². The maximum absolute atomic E-state index is 12.5. The zero-order valence-electron chi connectivity index (χ0n) is 19.0. The van der Waals surface area contributed by atoms with Crippen molar-refractivity contribution in [2.75, 3.05) is 13.1 Å². The Balaban J connectivity index is 1.46. The average Bonchev–Trinajstić information content (AvgIpc) is 3.13. The number of phenols is 1. The second kappa shape index (κ2) is 7.47. The van der Waals surface area contributed by atoms with Crippen molar-refractivity contribution in [3.05, 3.63) is 101 Å². The number of benzene rings is 3. The molecule has 0 saturated carbocycles. The van der Waals surface area contributed by atoms with Crippen LogP contribution in [-0.2, 0) is 24.8 Å². The van der Waals surface area contributed by atoms with Crippen molar-refractivity contribution in [2.24, 2.45) is 0 Å². The van der Waals surface area contributed by atoms with Crippen LogP contribution in [0.15, 0.2) is 72.8 Å². The van der Waals surface area contributed by atoms with E-state index in [-0.39, 0.29) is 5.75 Å².